The van der Waals surface area contributed by atoms with Crippen LogP contribution in [0.3, 0.4) is 0 Å². The molecule has 0 spiro atoms. The largest absolute Gasteiger partial charge is 0.370 e. The van der Waals surface area contributed by atoms with Crippen molar-refractivity contribution in [2.24, 2.45) is 0 Å². The zero-order chi connectivity index (χ0) is 14.4. The van der Waals surface area contributed by atoms with Gasteiger partial charge in [-0.3, -0.25) is 9.48 Å². The summed E-state index contributed by atoms with van der Waals surface area (Å²) in [6.07, 6.45) is 5.23. The minimum Gasteiger partial charge on any atom is -0.370 e. The monoisotopic (exact) mass is 337 g/mol. The highest BCUT2D eigenvalue weighted by atomic mass is 79.9. The number of nitrogens with one attached hydrogen (secondary N) is 2. The molecule has 0 aliphatic rings. The van der Waals surface area contributed by atoms with E-state index in [1.807, 2.05) is 19.2 Å². The smallest absolute Gasteiger partial charge is 0.255 e. The molecule has 0 aromatic carbocycles. The van der Waals surface area contributed by atoms with Crippen LogP contribution in [0.1, 0.15) is 17.3 Å². The topological polar surface area (TPSA) is 71.8 Å². The highest BCUT2D eigenvalue weighted by Crippen LogP contribution is 2.17. The Morgan fingerprint density at radius 1 is 1.50 bits per heavy atom. The van der Waals surface area contributed by atoms with Gasteiger partial charge < -0.3 is 10.6 Å². The SMILES string of the molecule is CCNc1ncc(Br)cc1C(=O)NCCn1cccn1. The van der Waals surface area contributed by atoms with Gasteiger partial charge in [-0.15, -0.1) is 0 Å². The molecule has 106 valence electrons. The summed E-state index contributed by atoms with van der Waals surface area (Å²) in [4.78, 5) is 16.4. The molecule has 0 aliphatic carbocycles. The Balaban J connectivity index is 1.99. The lowest BCUT2D eigenvalue weighted by Gasteiger charge is -2.10. The van der Waals surface area contributed by atoms with Gasteiger partial charge in [0.1, 0.15) is 5.82 Å². The van der Waals surface area contributed by atoms with Crippen molar-refractivity contribution in [1.29, 1.82) is 0 Å². The summed E-state index contributed by atoms with van der Waals surface area (Å²) in [5, 5.41) is 10.0. The van der Waals surface area contributed by atoms with Crippen molar-refractivity contribution in [3.05, 3.63) is 40.8 Å². The Morgan fingerprint density at radius 2 is 2.35 bits per heavy atom. The number of hydrogen-bond acceptors (Lipinski definition) is 4. The predicted octanol–water partition coefficient (Wildman–Crippen LogP) is 1.90. The first-order valence-corrected chi connectivity index (χ1v) is 7.15. The highest BCUT2D eigenvalue weighted by Gasteiger charge is 2.12. The van der Waals surface area contributed by atoms with E-state index in [1.54, 1.807) is 23.1 Å². The number of rotatable bonds is 6. The third-order valence-corrected chi connectivity index (χ3v) is 3.06. The van der Waals surface area contributed by atoms with E-state index in [0.29, 0.717) is 31.0 Å². The van der Waals surface area contributed by atoms with Crippen LogP contribution in [0.5, 0.6) is 0 Å². The Morgan fingerprint density at radius 3 is 3.05 bits per heavy atom. The van der Waals surface area contributed by atoms with Crippen LogP contribution in [-0.4, -0.2) is 33.8 Å². The van der Waals surface area contributed by atoms with Gasteiger partial charge in [-0.25, -0.2) is 4.98 Å². The highest BCUT2D eigenvalue weighted by molar-refractivity contribution is 9.10. The van der Waals surface area contributed by atoms with Gasteiger partial charge in [-0.05, 0) is 35.0 Å². The average molecular weight is 338 g/mol. The van der Waals surface area contributed by atoms with Gasteiger partial charge >= 0.3 is 0 Å². The summed E-state index contributed by atoms with van der Waals surface area (Å²) >= 11 is 3.33. The van der Waals surface area contributed by atoms with Crippen LogP contribution < -0.4 is 10.6 Å². The van der Waals surface area contributed by atoms with Crippen molar-refractivity contribution in [3.63, 3.8) is 0 Å². The molecule has 0 atom stereocenters. The Labute approximate surface area is 125 Å². The maximum absolute atomic E-state index is 12.2. The number of aromatic nitrogens is 3. The van der Waals surface area contributed by atoms with E-state index in [0.717, 1.165) is 4.47 Å². The van der Waals surface area contributed by atoms with Crippen molar-refractivity contribution >= 4 is 27.7 Å². The standard InChI is InChI=1S/C13H16BrN5O/c1-2-15-12-11(8-10(14)9-17-12)13(20)16-5-7-19-6-3-4-18-19/h3-4,6,8-9H,2,5,7H2,1H3,(H,15,17)(H,16,20). The number of hydrogen-bond donors (Lipinski definition) is 2. The van der Waals surface area contributed by atoms with E-state index in [9.17, 15) is 4.79 Å². The molecule has 0 saturated heterocycles. The van der Waals surface area contributed by atoms with Gasteiger partial charge in [0.25, 0.3) is 5.91 Å². The van der Waals surface area contributed by atoms with Crippen LogP contribution in [0.15, 0.2) is 35.2 Å². The van der Waals surface area contributed by atoms with Gasteiger partial charge in [0.15, 0.2) is 0 Å². The number of carbonyl (C=O) groups is 1. The molecule has 0 saturated carbocycles. The van der Waals surface area contributed by atoms with E-state index in [4.69, 9.17) is 0 Å². The molecular formula is C13H16BrN5O. The lowest BCUT2D eigenvalue weighted by atomic mass is 10.2. The fraction of sp³-hybridized carbons (Fsp3) is 0.308. The van der Waals surface area contributed by atoms with E-state index >= 15 is 0 Å². The van der Waals surface area contributed by atoms with E-state index < -0.39 is 0 Å². The normalized spacial score (nSPS) is 10.3. The second-order valence-corrected chi connectivity index (χ2v) is 5.02. The second-order valence-electron chi connectivity index (χ2n) is 4.11. The van der Waals surface area contributed by atoms with Crippen molar-refractivity contribution in [2.75, 3.05) is 18.4 Å². The molecule has 2 aromatic heterocycles. The maximum Gasteiger partial charge on any atom is 0.255 e. The summed E-state index contributed by atoms with van der Waals surface area (Å²) in [6.45, 7) is 3.82. The van der Waals surface area contributed by atoms with Gasteiger partial charge in [0, 0.05) is 36.2 Å². The predicted molar refractivity (Wildman–Crippen MR) is 80.7 cm³/mol. The summed E-state index contributed by atoms with van der Waals surface area (Å²) in [5.41, 5.74) is 0.529. The third-order valence-electron chi connectivity index (χ3n) is 2.63. The summed E-state index contributed by atoms with van der Waals surface area (Å²) in [6, 6.07) is 3.61. The molecule has 0 aliphatic heterocycles. The Bertz CT molecular complexity index is 570. The molecule has 0 bridgehead atoms. The minimum absolute atomic E-state index is 0.151. The first-order chi connectivity index (χ1) is 9.70. The lowest BCUT2D eigenvalue weighted by molar-refractivity contribution is 0.0952. The van der Waals surface area contributed by atoms with Crippen LogP contribution in [0.2, 0.25) is 0 Å². The summed E-state index contributed by atoms with van der Waals surface area (Å²) < 4.78 is 2.54. The zero-order valence-corrected chi connectivity index (χ0v) is 12.7. The molecule has 20 heavy (non-hydrogen) atoms. The first-order valence-electron chi connectivity index (χ1n) is 6.35. The summed E-state index contributed by atoms with van der Waals surface area (Å²) in [7, 11) is 0. The molecule has 0 fully saturated rings. The van der Waals surface area contributed by atoms with Crippen molar-refractivity contribution < 1.29 is 4.79 Å². The first kappa shape index (κ1) is 14.5. The third kappa shape index (κ3) is 3.80. The Kier molecular flexibility index (Phi) is 5.11. The second kappa shape index (κ2) is 7.04. The maximum atomic E-state index is 12.2. The number of halogens is 1. The van der Waals surface area contributed by atoms with E-state index in [2.05, 4.69) is 36.6 Å². The summed E-state index contributed by atoms with van der Waals surface area (Å²) in [5.74, 6) is 0.439. The molecule has 2 aromatic rings. The van der Waals surface area contributed by atoms with Gasteiger partial charge in [0.05, 0.1) is 12.1 Å². The van der Waals surface area contributed by atoms with Crippen LogP contribution in [0.4, 0.5) is 5.82 Å². The molecule has 2 N–H and O–H groups in total. The van der Waals surface area contributed by atoms with Crippen LogP contribution in [-0.2, 0) is 6.54 Å². The number of pyridine rings is 1. The van der Waals surface area contributed by atoms with Gasteiger partial charge in [-0.2, -0.15) is 5.10 Å². The molecule has 0 unspecified atom stereocenters. The van der Waals surface area contributed by atoms with Crippen LogP contribution in [0, 0.1) is 0 Å². The molecule has 2 rings (SSSR count). The van der Waals surface area contributed by atoms with Crippen LogP contribution >= 0.6 is 15.9 Å². The number of carbonyl (C=O) groups excluding carboxylic acids is 1. The molecule has 0 radical (unpaired) electrons. The van der Waals surface area contributed by atoms with E-state index in [1.165, 1.54) is 0 Å². The molecule has 7 heteroatoms. The zero-order valence-electron chi connectivity index (χ0n) is 11.1. The lowest BCUT2D eigenvalue weighted by Crippen LogP contribution is -2.28. The minimum atomic E-state index is -0.151. The number of anilines is 1. The number of nitrogens with zero attached hydrogens (tertiary/aromatic N) is 3. The van der Waals surface area contributed by atoms with Crippen molar-refractivity contribution in [3.8, 4) is 0 Å². The molecule has 2 heterocycles. The van der Waals surface area contributed by atoms with Crippen molar-refractivity contribution in [1.82, 2.24) is 20.1 Å². The van der Waals surface area contributed by atoms with Crippen LogP contribution in [0.25, 0.3) is 0 Å². The average Bonchev–Trinajstić information content (AvgIpc) is 2.94. The van der Waals surface area contributed by atoms with Gasteiger partial charge in [-0.1, -0.05) is 0 Å². The van der Waals surface area contributed by atoms with Crippen molar-refractivity contribution in [2.45, 2.75) is 13.5 Å². The Hall–Kier alpha value is -1.89. The fourth-order valence-corrected chi connectivity index (χ4v) is 2.06. The van der Waals surface area contributed by atoms with Gasteiger partial charge in [0.2, 0.25) is 0 Å². The number of amides is 1. The molecule has 6 nitrogen and oxygen atoms in total. The quantitative estimate of drug-likeness (QED) is 0.844. The fourth-order valence-electron chi connectivity index (χ4n) is 1.73. The molecule has 1 amide bonds. The van der Waals surface area contributed by atoms with E-state index in [-0.39, 0.29) is 5.91 Å². The molecular weight excluding hydrogens is 322 g/mol.